The first-order chi connectivity index (χ1) is 18.1. The Morgan fingerprint density at radius 3 is 2.43 bits per heavy atom. The molecule has 1 aromatic heterocycles. The lowest BCUT2D eigenvalue weighted by molar-refractivity contribution is 0.0745. The van der Waals surface area contributed by atoms with Gasteiger partial charge in [0.2, 0.25) is 0 Å². The molecule has 190 valence electrons. The van der Waals surface area contributed by atoms with Crippen LogP contribution in [-0.4, -0.2) is 48.4 Å². The van der Waals surface area contributed by atoms with E-state index in [-0.39, 0.29) is 11.9 Å². The number of benzene rings is 3. The summed E-state index contributed by atoms with van der Waals surface area (Å²) in [4.78, 5) is 15.6. The van der Waals surface area contributed by atoms with E-state index in [0.29, 0.717) is 30.3 Å². The van der Waals surface area contributed by atoms with Gasteiger partial charge in [-0.15, -0.1) is 0 Å². The third-order valence-corrected chi connectivity index (χ3v) is 6.68. The van der Waals surface area contributed by atoms with Crippen LogP contribution in [-0.2, 0) is 6.42 Å². The van der Waals surface area contributed by atoms with Crippen LogP contribution in [0.5, 0.6) is 17.2 Å². The summed E-state index contributed by atoms with van der Waals surface area (Å²) in [6.45, 7) is 3.24. The number of carbonyl (C=O) groups excluding carboxylic acids is 1. The maximum Gasteiger partial charge on any atom is 0.273 e. The molecule has 1 unspecified atom stereocenters. The number of H-pyrrole nitrogens is 1. The van der Waals surface area contributed by atoms with Crippen molar-refractivity contribution in [1.82, 2.24) is 15.1 Å². The van der Waals surface area contributed by atoms with Crippen LogP contribution in [0.25, 0.3) is 11.3 Å². The molecule has 1 atom stereocenters. The second-order valence-corrected chi connectivity index (χ2v) is 8.98. The molecular weight excluding hydrogens is 466 g/mol. The zero-order valence-corrected chi connectivity index (χ0v) is 21.4. The van der Waals surface area contributed by atoms with Gasteiger partial charge in [-0.05, 0) is 60.4 Å². The van der Waals surface area contributed by atoms with Gasteiger partial charge in [0.05, 0.1) is 32.6 Å². The first-order valence-corrected chi connectivity index (χ1v) is 12.5. The van der Waals surface area contributed by atoms with E-state index in [1.54, 1.807) is 14.2 Å². The average Bonchev–Trinajstić information content (AvgIpc) is 3.49. The van der Waals surface area contributed by atoms with E-state index in [9.17, 15) is 4.79 Å². The highest BCUT2D eigenvalue weighted by molar-refractivity contribution is 6.00. The number of nitrogens with one attached hydrogen (secondary N) is 1. The fourth-order valence-electron chi connectivity index (χ4n) is 4.82. The van der Waals surface area contributed by atoms with E-state index in [0.717, 1.165) is 41.0 Å². The number of amides is 1. The molecule has 5 rings (SSSR count). The molecule has 4 aromatic rings. The Morgan fingerprint density at radius 1 is 0.946 bits per heavy atom. The quantitative estimate of drug-likeness (QED) is 0.305. The minimum atomic E-state index is -0.323. The first-order valence-electron chi connectivity index (χ1n) is 12.5. The van der Waals surface area contributed by atoms with Gasteiger partial charge in [-0.3, -0.25) is 9.89 Å². The van der Waals surface area contributed by atoms with Gasteiger partial charge < -0.3 is 19.1 Å². The normalized spacial score (nSPS) is 14.5. The number of carbonyl (C=O) groups is 1. The largest absolute Gasteiger partial charge is 0.497 e. The van der Waals surface area contributed by atoms with E-state index in [2.05, 4.69) is 29.3 Å². The first kappa shape index (κ1) is 24.4. The van der Waals surface area contributed by atoms with Gasteiger partial charge in [0, 0.05) is 17.7 Å². The molecular formula is C30H31N3O4. The molecule has 0 saturated heterocycles. The Kier molecular flexibility index (Phi) is 7.12. The molecule has 0 saturated carbocycles. The molecule has 7 heteroatoms. The molecule has 7 nitrogen and oxygen atoms in total. The smallest absolute Gasteiger partial charge is 0.273 e. The zero-order valence-electron chi connectivity index (χ0n) is 21.4. The van der Waals surface area contributed by atoms with E-state index in [1.165, 1.54) is 5.56 Å². The fourth-order valence-corrected chi connectivity index (χ4v) is 4.82. The molecule has 2 heterocycles. The number of rotatable bonds is 10. The van der Waals surface area contributed by atoms with Crippen molar-refractivity contribution in [3.05, 3.63) is 95.2 Å². The van der Waals surface area contributed by atoms with Gasteiger partial charge >= 0.3 is 0 Å². The molecule has 0 spiro atoms. The lowest BCUT2D eigenvalue weighted by atomic mass is 9.95. The van der Waals surface area contributed by atoms with E-state index in [1.807, 2.05) is 65.6 Å². The topological polar surface area (TPSA) is 76.7 Å². The number of hydrogen-bond acceptors (Lipinski definition) is 5. The number of nitrogens with zero attached hydrogens (tertiary/aromatic N) is 2. The summed E-state index contributed by atoms with van der Waals surface area (Å²) in [5.41, 5.74) is 5.18. The zero-order chi connectivity index (χ0) is 25.8. The molecule has 0 radical (unpaired) electrons. The third kappa shape index (κ3) is 4.77. The van der Waals surface area contributed by atoms with Crippen LogP contribution in [0.3, 0.4) is 0 Å². The van der Waals surface area contributed by atoms with Crippen molar-refractivity contribution < 1.29 is 19.0 Å². The summed E-state index contributed by atoms with van der Waals surface area (Å²) in [7, 11) is 3.28. The van der Waals surface area contributed by atoms with E-state index >= 15 is 0 Å². The molecule has 37 heavy (non-hydrogen) atoms. The van der Waals surface area contributed by atoms with Crippen molar-refractivity contribution in [2.24, 2.45) is 0 Å². The highest BCUT2D eigenvalue weighted by Crippen LogP contribution is 2.44. The molecule has 3 aromatic carbocycles. The van der Waals surface area contributed by atoms with E-state index < -0.39 is 0 Å². The predicted molar refractivity (Wildman–Crippen MR) is 142 cm³/mol. The van der Waals surface area contributed by atoms with Crippen LogP contribution >= 0.6 is 0 Å². The van der Waals surface area contributed by atoms with Crippen LogP contribution in [0, 0.1) is 0 Å². The van der Waals surface area contributed by atoms with Gasteiger partial charge in [0.1, 0.15) is 11.4 Å². The molecule has 1 aliphatic rings. The Morgan fingerprint density at radius 2 is 1.73 bits per heavy atom. The molecule has 1 N–H and O–H groups in total. The Balaban J connectivity index is 1.57. The lowest BCUT2D eigenvalue weighted by Crippen LogP contribution is -2.31. The van der Waals surface area contributed by atoms with Crippen LogP contribution < -0.4 is 14.2 Å². The summed E-state index contributed by atoms with van der Waals surface area (Å²) in [5, 5.41) is 7.60. The van der Waals surface area contributed by atoms with Crippen molar-refractivity contribution in [3.63, 3.8) is 0 Å². The number of aromatic nitrogens is 2. The summed E-state index contributed by atoms with van der Waals surface area (Å²) in [5.74, 6) is 2.04. The van der Waals surface area contributed by atoms with Crippen LogP contribution in [0.15, 0.2) is 72.8 Å². The van der Waals surface area contributed by atoms with Crippen LogP contribution in [0.2, 0.25) is 0 Å². The number of aromatic amines is 1. The van der Waals surface area contributed by atoms with Crippen molar-refractivity contribution in [2.45, 2.75) is 25.8 Å². The maximum absolute atomic E-state index is 13.7. The van der Waals surface area contributed by atoms with Gasteiger partial charge in [0.15, 0.2) is 11.5 Å². The number of hydrogen-bond donors (Lipinski definition) is 1. The van der Waals surface area contributed by atoms with Crippen molar-refractivity contribution in [1.29, 1.82) is 0 Å². The molecule has 0 aliphatic carbocycles. The predicted octanol–water partition coefficient (Wildman–Crippen LogP) is 5.67. The monoisotopic (exact) mass is 497 g/mol. The van der Waals surface area contributed by atoms with Gasteiger partial charge in [-0.25, -0.2) is 0 Å². The summed E-state index contributed by atoms with van der Waals surface area (Å²) >= 11 is 0. The fraction of sp³-hybridized carbons (Fsp3) is 0.267. The van der Waals surface area contributed by atoms with E-state index in [4.69, 9.17) is 14.2 Å². The second kappa shape index (κ2) is 10.8. The van der Waals surface area contributed by atoms with Crippen molar-refractivity contribution in [2.75, 3.05) is 27.4 Å². The second-order valence-electron chi connectivity index (χ2n) is 8.98. The van der Waals surface area contributed by atoms with Crippen LogP contribution in [0.1, 0.15) is 46.6 Å². The third-order valence-electron chi connectivity index (χ3n) is 6.68. The minimum Gasteiger partial charge on any atom is -0.497 e. The minimum absolute atomic E-state index is 0.0616. The maximum atomic E-state index is 13.7. The lowest BCUT2D eigenvalue weighted by Gasteiger charge is -2.27. The average molecular weight is 498 g/mol. The van der Waals surface area contributed by atoms with Gasteiger partial charge in [0.25, 0.3) is 5.91 Å². The summed E-state index contributed by atoms with van der Waals surface area (Å²) in [6, 6.07) is 23.5. The SMILES string of the molecule is CCCOc1ccc(C2c3c(-c4ccc(OC)cc4)n[nH]c3C(=O)N2CCc2ccccc2)cc1OC. The molecule has 1 amide bonds. The molecule has 0 fully saturated rings. The van der Waals surface area contributed by atoms with Crippen molar-refractivity contribution >= 4 is 5.91 Å². The number of ether oxygens (including phenoxy) is 3. The number of methoxy groups -OCH3 is 2. The molecule has 0 bridgehead atoms. The Hall–Kier alpha value is -4.26. The van der Waals surface area contributed by atoms with Gasteiger partial charge in [-0.2, -0.15) is 5.10 Å². The highest BCUT2D eigenvalue weighted by Gasteiger charge is 2.42. The number of fused-ring (bicyclic) bond motifs is 1. The van der Waals surface area contributed by atoms with Crippen LogP contribution in [0.4, 0.5) is 0 Å². The van der Waals surface area contributed by atoms with Gasteiger partial charge in [-0.1, -0.05) is 43.3 Å². The Bertz CT molecular complexity index is 1370. The standard InChI is InChI=1S/C30H31N3O4/c1-4-18-37-24-15-12-22(19-25(24)36-3)29-26-27(21-10-13-23(35-2)14-11-21)31-32-28(26)30(34)33(29)17-16-20-8-6-5-7-9-20/h5-15,19,29H,4,16-18H2,1-3H3,(H,31,32). The molecule has 1 aliphatic heterocycles. The van der Waals surface area contributed by atoms with Crippen molar-refractivity contribution in [3.8, 4) is 28.5 Å². The summed E-state index contributed by atoms with van der Waals surface area (Å²) in [6.07, 6.45) is 1.65. The Labute approximate surface area is 217 Å². The summed E-state index contributed by atoms with van der Waals surface area (Å²) < 4.78 is 16.9. The highest BCUT2D eigenvalue weighted by atomic mass is 16.5.